The number of hydrogen-bond acceptors (Lipinski definition) is 3. The van der Waals surface area contributed by atoms with Gasteiger partial charge < -0.3 is 5.11 Å². The van der Waals surface area contributed by atoms with E-state index in [-0.39, 0.29) is 10.6 Å². The molecule has 1 aromatic rings. The highest BCUT2D eigenvalue weighted by Crippen LogP contribution is 2.25. The van der Waals surface area contributed by atoms with Crippen LogP contribution in [0, 0.1) is 0 Å². The Bertz CT molecular complexity index is 397. The Morgan fingerprint density at radius 1 is 1.42 bits per heavy atom. The minimum Gasteiger partial charge on any atom is -0.507 e. The van der Waals surface area contributed by atoms with E-state index in [2.05, 4.69) is 15.9 Å². The zero-order valence-corrected chi connectivity index (χ0v) is 8.68. The molecular formula is C7H7BrO3S. The van der Waals surface area contributed by atoms with Crippen LogP contribution in [0.25, 0.3) is 0 Å². The zero-order chi connectivity index (χ0) is 9.35. The van der Waals surface area contributed by atoms with Crippen molar-refractivity contribution in [3.8, 4) is 5.75 Å². The molecule has 0 spiro atoms. The molecule has 12 heavy (non-hydrogen) atoms. The van der Waals surface area contributed by atoms with Gasteiger partial charge in [-0.3, -0.25) is 0 Å². The van der Waals surface area contributed by atoms with E-state index >= 15 is 0 Å². The van der Waals surface area contributed by atoms with Gasteiger partial charge >= 0.3 is 0 Å². The van der Waals surface area contributed by atoms with Gasteiger partial charge in [-0.05, 0) is 18.2 Å². The van der Waals surface area contributed by atoms with Crippen molar-refractivity contribution in [1.29, 1.82) is 0 Å². The summed E-state index contributed by atoms with van der Waals surface area (Å²) in [4.78, 5) is -0.0503. The van der Waals surface area contributed by atoms with Crippen LogP contribution in [0.1, 0.15) is 0 Å². The second-order valence-corrected chi connectivity index (χ2v) is 5.28. The minimum absolute atomic E-state index is 0.0503. The van der Waals surface area contributed by atoms with E-state index in [1.807, 2.05) is 0 Å². The predicted octanol–water partition coefficient (Wildman–Crippen LogP) is 1.56. The third-order valence-corrected chi connectivity index (χ3v) is 2.96. The molecule has 0 radical (unpaired) electrons. The SMILES string of the molecule is CS(=O)(=O)c1ccc(Br)cc1O. The summed E-state index contributed by atoms with van der Waals surface area (Å²) >= 11 is 3.11. The summed E-state index contributed by atoms with van der Waals surface area (Å²) in [6.07, 6.45) is 1.05. The molecule has 0 heterocycles. The number of phenols is 1. The maximum atomic E-state index is 11.0. The fourth-order valence-electron chi connectivity index (χ4n) is 0.804. The van der Waals surface area contributed by atoms with Gasteiger partial charge in [0, 0.05) is 10.7 Å². The summed E-state index contributed by atoms with van der Waals surface area (Å²) < 4.78 is 22.6. The molecule has 3 nitrogen and oxygen atoms in total. The van der Waals surface area contributed by atoms with Gasteiger partial charge in [-0.2, -0.15) is 0 Å². The van der Waals surface area contributed by atoms with E-state index in [4.69, 9.17) is 0 Å². The first-order valence-corrected chi connectivity index (χ1v) is 5.78. The lowest BCUT2D eigenvalue weighted by atomic mass is 10.3. The van der Waals surface area contributed by atoms with Crippen LogP contribution in [0.15, 0.2) is 27.6 Å². The highest BCUT2D eigenvalue weighted by Gasteiger charge is 2.11. The van der Waals surface area contributed by atoms with E-state index in [1.54, 1.807) is 6.07 Å². The fraction of sp³-hybridized carbons (Fsp3) is 0.143. The zero-order valence-electron chi connectivity index (χ0n) is 6.28. The Labute approximate surface area is 79.1 Å². The molecule has 1 rings (SSSR count). The lowest BCUT2D eigenvalue weighted by Crippen LogP contribution is -1.96. The number of hydrogen-bond donors (Lipinski definition) is 1. The van der Waals surface area contributed by atoms with Crippen LogP contribution in [0.3, 0.4) is 0 Å². The summed E-state index contributed by atoms with van der Waals surface area (Å²) in [5.41, 5.74) is 0. The summed E-state index contributed by atoms with van der Waals surface area (Å²) in [6.45, 7) is 0. The van der Waals surface area contributed by atoms with Crippen LogP contribution in [-0.4, -0.2) is 19.8 Å². The van der Waals surface area contributed by atoms with Crippen LogP contribution in [0.5, 0.6) is 5.75 Å². The van der Waals surface area contributed by atoms with Crippen molar-refractivity contribution in [2.24, 2.45) is 0 Å². The predicted molar refractivity (Wildman–Crippen MR) is 48.9 cm³/mol. The van der Waals surface area contributed by atoms with Gasteiger partial charge in [-0.1, -0.05) is 15.9 Å². The minimum atomic E-state index is -3.32. The molecule has 0 bridgehead atoms. The van der Waals surface area contributed by atoms with Crippen LogP contribution in [0.4, 0.5) is 0 Å². The molecule has 1 N–H and O–H groups in total. The number of sulfone groups is 1. The average Bonchev–Trinajstić information content (AvgIpc) is 1.83. The molecule has 0 aliphatic heterocycles. The summed E-state index contributed by atoms with van der Waals surface area (Å²) in [7, 11) is -3.32. The molecule has 0 aliphatic rings. The Hall–Kier alpha value is -0.550. The Kier molecular flexibility index (Phi) is 2.44. The monoisotopic (exact) mass is 250 g/mol. The highest BCUT2D eigenvalue weighted by atomic mass is 79.9. The number of rotatable bonds is 1. The summed E-state index contributed by atoms with van der Waals surface area (Å²) in [5.74, 6) is -0.230. The molecule has 0 atom stereocenters. The first-order chi connectivity index (χ1) is 5.41. The molecule has 0 unspecified atom stereocenters. The average molecular weight is 251 g/mol. The largest absolute Gasteiger partial charge is 0.507 e. The Morgan fingerprint density at radius 3 is 2.42 bits per heavy atom. The molecule has 0 fully saturated rings. The number of phenolic OH excluding ortho intramolecular Hbond substituents is 1. The van der Waals surface area contributed by atoms with Crippen molar-refractivity contribution in [2.45, 2.75) is 4.90 Å². The van der Waals surface area contributed by atoms with Gasteiger partial charge in [-0.25, -0.2) is 8.42 Å². The van der Waals surface area contributed by atoms with E-state index in [0.29, 0.717) is 4.47 Å². The normalized spacial score (nSPS) is 11.5. The molecule has 0 saturated carbocycles. The van der Waals surface area contributed by atoms with E-state index in [9.17, 15) is 13.5 Å². The molecule has 0 saturated heterocycles. The Balaban J connectivity index is 3.39. The number of halogens is 1. The molecule has 5 heteroatoms. The van der Waals surface area contributed by atoms with Gasteiger partial charge in [-0.15, -0.1) is 0 Å². The van der Waals surface area contributed by atoms with Gasteiger partial charge in [0.25, 0.3) is 0 Å². The van der Waals surface area contributed by atoms with Crippen LogP contribution < -0.4 is 0 Å². The second kappa shape index (κ2) is 3.06. The Morgan fingerprint density at radius 2 is 2.00 bits per heavy atom. The molecule has 1 aromatic carbocycles. The van der Waals surface area contributed by atoms with Crippen molar-refractivity contribution in [3.05, 3.63) is 22.7 Å². The maximum absolute atomic E-state index is 11.0. The van der Waals surface area contributed by atoms with Gasteiger partial charge in [0.05, 0.1) is 0 Å². The maximum Gasteiger partial charge on any atom is 0.179 e. The third-order valence-electron chi connectivity index (χ3n) is 1.32. The van der Waals surface area contributed by atoms with Crippen molar-refractivity contribution in [3.63, 3.8) is 0 Å². The van der Waals surface area contributed by atoms with Crippen LogP contribution in [0.2, 0.25) is 0 Å². The van der Waals surface area contributed by atoms with Crippen molar-refractivity contribution < 1.29 is 13.5 Å². The smallest absolute Gasteiger partial charge is 0.179 e. The molecule has 0 aromatic heterocycles. The molecule has 66 valence electrons. The molecule has 0 amide bonds. The first kappa shape index (κ1) is 9.54. The molecular weight excluding hydrogens is 244 g/mol. The van der Waals surface area contributed by atoms with Gasteiger partial charge in [0.2, 0.25) is 0 Å². The van der Waals surface area contributed by atoms with E-state index in [0.717, 1.165) is 6.26 Å². The topological polar surface area (TPSA) is 54.4 Å². The van der Waals surface area contributed by atoms with Crippen LogP contribution in [-0.2, 0) is 9.84 Å². The number of aromatic hydroxyl groups is 1. The molecule has 0 aliphatic carbocycles. The summed E-state index contributed by atoms with van der Waals surface area (Å²) in [5, 5.41) is 9.22. The van der Waals surface area contributed by atoms with E-state index in [1.165, 1.54) is 12.1 Å². The standard InChI is InChI=1S/C7H7BrO3S/c1-12(10,11)7-3-2-5(8)4-6(7)9/h2-4,9H,1H3. The highest BCUT2D eigenvalue weighted by molar-refractivity contribution is 9.10. The third kappa shape index (κ3) is 1.98. The van der Waals surface area contributed by atoms with E-state index < -0.39 is 9.84 Å². The van der Waals surface area contributed by atoms with Crippen molar-refractivity contribution >= 4 is 25.8 Å². The first-order valence-electron chi connectivity index (χ1n) is 3.10. The summed E-state index contributed by atoms with van der Waals surface area (Å²) in [6, 6.07) is 4.27. The lowest BCUT2D eigenvalue weighted by Gasteiger charge is -2.01. The second-order valence-electron chi connectivity index (χ2n) is 2.38. The fourth-order valence-corrected chi connectivity index (χ4v) is 1.91. The number of benzene rings is 1. The van der Waals surface area contributed by atoms with Gasteiger partial charge in [0.1, 0.15) is 10.6 Å². The van der Waals surface area contributed by atoms with Crippen LogP contribution >= 0.6 is 15.9 Å². The lowest BCUT2D eigenvalue weighted by molar-refractivity contribution is 0.458. The quantitative estimate of drug-likeness (QED) is 0.823. The van der Waals surface area contributed by atoms with Crippen molar-refractivity contribution in [2.75, 3.05) is 6.26 Å². The van der Waals surface area contributed by atoms with Crippen molar-refractivity contribution in [1.82, 2.24) is 0 Å². The van der Waals surface area contributed by atoms with Gasteiger partial charge in [0.15, 0.2) is 9.84 Å².